The van der Waals surface area contributed by atoms with Crippen molar-refractivity contribution < 1.29 is 9.90 Å². The smallest absolute Gasteiger partial charge is 0.320 e. The van der Waals surface area contributed by atoms with Gasteiger partial charge in [-0.05, 0) is 43.0 Å². The molecule has 0 aromatic heterocycles. The molecule has 16 heavy (non-hydrogen) atoms. The van der Waals surface area contributed by atoms with Crippen LogP contribution < -0.4 is 5.32 Å². The first-order valence-electron chi connectivity index (χ1n) is 5.37. The second kappa shape index (κ2) is 4.97. The van der Waals surface area contributed by atoms with E-state index in [4.69, 9.17) is 5.11 Å². The molecule has 1 heterocycles. The summed E-state index contributed by atoms with van der Waals surface area (Å²) in [6.07, 6.45) is 1.76. The van der Waals surface area contributed by atoms with Crippen molar-refractivity contribution in [1.29, 1.82) is 0 Å². The van der Waals surface area contributed by atoms with Gasteiger partial charge in [-0.1, -0.05) is 28.1 Å². The summed E-state index contributed by atoms with van der Waals surface area (Å²) in [7, 11) is 0. The maximum absolute atomic E-state index is 11.0. The van der Waals surface area contributed by atoms with Gasteiger partial charge in [-0.2, -0.15) is 0 Å². The van der Waals surface area contributed by atoms with Crippen LogP contribution in [0.2, 0.25) is 0 Å². The summed E-state index contributed by atoms with van der Waals surface area (Å²) in [4.78, 5) is 11.0. The number of rotatable bonds is 3. The zero-order valence-electron chi connectivity index (χ0n) is 8.82. The molecule has 2 atom stereocenters. The third kappa shape index (κ3) is 2.62. The Morgan fingerprint density at radius 3 is 3.06 bits per heavy atom. The summed E-state index contributed by atoms with van der Waals surface area (Å²) in [5, 5.41) is 12.1. The van der Waals surface area contributed by atoms with Crippen molar-refractivity contribution in [3.63, 3.8) is 0 Å². The van der Waals surface area contributed by atoms with Crippen LogP contribution in [0.25, 0.3) is 0 Å². The van der Waals surface area contributed by atoms with E-state index in [2.05, 4.69) is 27.3 Å². The summed E-state index contributed by atoms with van der Waals surface area (Å²) in [5.74, 6) is -0.538. The third-order valence-corrected chi connectivity index (χ3v) is 3.50. The number of hydrogen-bond donors (Lipinski definition) is 2. The standard InChI is InChI=1S/C12H14BrNO2/c13-10-3-1-2-8(7-10)6-9-4-5-14-11(9)12(15)16/h1-3,7,9,11,14H,4-6H2,(H,15,16)/t9?,11-/m0/s1. The molecule has 2 N–H and O–H groups in total. The summed E-state index contributed by atoms with van der Waals surface area (Å²) in [5.41, 5.74) is 1.19. The van der Waals surface area contributed by atoms with Crippen LogP contribution in [-0.4, -0.2) is 23.7 Å². The fourth-order valence-corrected chi connectivity index (χ4v) is 2.68. The molecule has 1 aliphatic heterocycles. The van der Waals surface area contributed by atoms with Gasteiger partial charge in [0.1, 0.15) is 6.04 Å². The van der Waals surface area contributed by atoms with E-state index < -0.39 is 5.97 Å². The minimum atomic E-state index is -0.738. The topological polar surface area (TPSA) is 49.3 Å². The van der Waals surface area contributed by atoms with Crippen molar-refractivity contribution >= 4 is 21.9 Å². The van der Waals surface area contributed by atoms with Crippen LogP contribution >= 0.6 is 15.9 Å². The Morgan fingerprint density at radius 1 is 1.56 bits per heavy atom. The predicted molar refractivity (Wildman–Crippen MR) is 65.4 cm³/mol. The van der Waals surface area contributed by atoms with Gasteiger partial charge in [-0.3, -0.25) is 4.79 Å². The molecular formula is C12H14BrNO2. The van der Waals surface area contributed by atoms with Crippen molar-refractivity contribution in [3.05, 3.63) is 34.3 Å². The van der Waals surface area contributed by atoms with Gasteiger partial charge < -0.3 is 10.4 Å². The van der Waals surface area contributed by atoms with Crippen LogP contribution in [0.5, 0.6) is 0 Å². The number of benzene rings is 1. The van der Waals surface area contributed by atoms with Gasteiger partial charge in [0, 0.05) is 4.47 Å². The average Bonchev–Trinajstić information content (AvgIpc) is 2.66. The maximum Gasteiger partial charge on any atom is 0.320 e. The normalized spacial score (nSPS) is 24.6. The fourth-order valence-electron chi connectivity index (χ4n) is 2.23. The Hall–Kier alpha value is -0.870. The van der Waals surface area contributed by atoms with Gasteiger partial charge in [0.2, 0.25) is 0 Å². The van der Waals surface area contributed by atoms with Crippen molar-refractivity contribution in [2.45, 2.75) is 18.9 Å². The number of carboxylic acid groups (broad SMARTS) is 1. The number of hydrogen-bond acceptors (Lipinski definition) is 2. The Balaban J connectivity index is 2.06. The molecule has 1 saturated heterocycles. The average molecular weight is 284 g/mol. The minimum absolute atomic E-state index is 0.201. The highest BCUT2D eigenvalue weighted by Gasteiger charge is 2.32. The lowest BCUT2D eigenvalue weighted by Crippen LogP contribution is -2.36. The van der Waals surface area contributed by atoms with E-state index in [1.54, 1.807) is 0 Å². The van der Waals surface area contributed by atoms with Gasteiger partial charge in [-0.15, -0.1) is 0 Å². The molecule has 1 aromatic carbocycles. The van der Waals surface area contributed by atoms with Gasteiger partial charge in [0.05, 0.1) is 0 Å². The van der Waals surface area contributed by atoms with Crippen molar-refractivity contribution in [3.8, 4) is 0 Å². The molecule has 4 heteroatoms. The molecule has 0 saturated carbocycles. The first-order valence-corrected chi connectivity index (χ1v) is 6.17. The molecule has 1 aromatic rings. The van der Waals surface area contributed by atoms with Gasteiger partial charge >= 0.3 is 5.97 Å². The third-order valence-electron chi connectivity index (χ3n) is 3.00. The number of carbonyl (C=O) groups is 1. The maximum atomic E-state index is 11.0. The molecule has 2 rings (SSSR count). The van der Waals surface area contributed by atoms with Gasteiger partial charge in [0.25, 0.3) is 0 Å². The number of carboxylic acids is 1. The molecule has 1 aliphatic rings. The lowest BCUT2D eigenvalue weighted by atomic mass is 9.93. The summed E-state index contributed by atoms with van der Waals surface area (Å²) in [6.45, 7) is 0.801. The molecule has 0 amide bonds. The molecule has 3 nitrogen and oxygen atoms in total. The molecule has 0 spiro atoms. The number of aliphatic carboxylic acids is 1. The fraction of sp³-hybridized carbons (Fsp3) is 0.417. The van der Waals surface area contributed by atoms with Crippen LogP contribution in [-0.2, 0) is 11.2 Å². The highest BCUT2D eigenvalue weighted by Crippen LogP contribution is 2.22. The minimum Gasteiger partial charge on any atom is -0.480 e. The Kier molecular flexibility index (Phi) is 3.61. The van der Waals surface area contributed by atoms with Crippen LogP contribution in [0, 0.1) is 5.92 Å². The van der Waals surface area contributed by atoms with Crippen molar-refractivity contribution in [2.24, 2.45) is 5.92 Å². The molecule has 86 valence electrons. The van der Waals surface area contributed by atoms with Crippen molar-refractivity contribution in [2.75, 3.05) is 6.54 Å². The zero-order valence-corrected chi connectivity index (χ0v) is 10.4. The summed E-state index contributed by atoms with van der Waals surface area (Å²) >= 11 is 3.42. The lowest BCUT2D eigenvalue weighted by molar-refractivity contribution is -0.140. The molecule has 1 unspecified atom stereocenters. The molecule has 0 aliphatic carbocycles. The largest absolute Gasteiger partial charge is 0.480 e. The van der Waals surface area contributed by atoms with E-state index in [1.165, 1.54) is 5.56 Å². The van der Waals surface area contributed by atoms with Gasteiger partial charge in [0.15, 0.2) is 0 Å². The van der Waals surface area contributed by atoms with E-state index in [-0.39, 0.29) is 12.0 Å². The SMILES string of the molecule is O=C(O)[C@H]1NCCC1Cc1cccc(Br)c1. The molecule has 1 fully saturated rings. The monoisotopic (exact) mass is 283 g/mol. The molecular weight excluding hydrogens is 270 g/mol. The zero-order chi connectivity index (χ0) is 11.5. The Bertz CT molecular complexity index is 394. The number of nitrogens with one attached hydrogen (secondary N) is 1. The highest BCUT2D eigenvalue weighted by molar-refractivity contribution is 9.10. The lowest BCUT2D eigenvalue weighted by Gasteiger charge is -2.15. The second-order valence-corrected chi connectivity index (χ2v) is 5.07. The summed E-state index contributed by atoms with van der Waals surface area (Å²) < 4.78 is 1.04. The first kappa shape index (κ1) is 11.6. The highest BCUT2D eigenvalue weighted by atomic mass is 79.9. The van der Waals surface area contributed by atoms with Crippen LogP contribution in [0.3, 0.4) is 0 Å². The number of halogens is 1. The van der Waals surface area contributed by atoms with E-state index in [0.717, 1.165) is 23.9 Å². The van der Waals surface area contributed by atoms with Crippen LogP contribution in [0.15, 0.2) is 28.7 Å². The van der Waals surface area contributed by atoms with Crippen molar-refractivity contribution in [1.82, 2.24) is 5.32 Å². The Labute approximate surface area is 103 Å². The first-order chi connectivity index (χ1) is 7.66. The van der Waals surface area contributed by atoms with E-state index >= 15 is 0 Å². The quantitative estimate of drug-likeness (QED) is 0.893. The second-order valence-electron chi connectivity index (χ2n) is 4.15. The van der Waals surface area contributed by atoms with E-state index in [9.17, 15) is 4.79 Å². The van der Waals surface area contributed by atoms with Crippen LogP contribution in [0.1, 0.15) is 12.0 Å². The van der Waals surface area contributed by atoms with E-state index in [1.807, 2.05) is 18.2 Å². The van der Waals surface area contributed by atoms with Gasteiger partial charge in [-0.25, -0.2) is 0 Å². The summed E-state index contributed by atoms with van der Waals surface area (Å²) in [6, 6.07) is 7.67. The van der Waals surface area contributed by atoms with E-state index in [0.29, 0.717) is 0 Å². The van der Waals surface area contributed by atoms with Crippen LogP contribution in [0.4, 0.5) is 0 Å². The molecule has 0 radical (unpaired) electrons. The predicted octanol–water partition coefficient (Wildman–Crippen LogP) is 2.05. The molecule has 0 bridgehead atoms. The Morgan fingerprint density at radius 2 is 2.38 bits per heavy atom.